The topological polar surface area (TPSA) is 71.4 Å². The van der Waals surface area contributed by atoms with Crippen LogP contribution in [0.2, 0.25) is 0 Å². The van der Waals surface area contributed by atoms with E-state index in [4.69, 9.17) is 10.3 Å². The van der Waals surface area contributed by atoms with Crippen molar-refractivity contribution < 1.29 is 4.52 Å². The van der Waals surface area contributed by atoms with E-state index in [0.29, 0.717) is 24.8 Å². The maximum Gasteiger partial charge on any atom is 0.266 e. The molecule has 0 aromatic carbocycles. The first-order valence-electron chi connectivity index (χ1n) is 5.26. The van der Waals surface area contributed by atoms with Gasteiger partial charge in [0.15, 0.2) is 0 Å². The van der Waals surface area contributed by atoms with Gasteiger partial charge < -0.3 is 20.1 Å². The standard InChI is InChI=1S/C9H17N5O/c1-13-4-6-14(7-5-13)9-11-8(2-3-10)15-12-9/h2-7,10H2,1H3. The van der Waals surface area contributed by atoms with Gasteiger partial charge in [-0.25, -0.2) is 0 Å². The molecule has 15 heavy (non-hydrogen) atoms. The molecule has 1 saturated heterocycles. The summed E-state index contributed by atoms with van der Waals surface area (Å²) in [7, 11) is 2.12. The summed E-state index contributed by atoms with van der Waals surface area (Å²) >= 11 is 0. The van der Waals surface area contributed by atoms with Crippen LogP contribution in [-0.4, -0.2) is 54.8 Å². The summed E-state index contributed by atoms with van der Waals surface area (Å²) in [4.78, 5) is 8.73. The Balaban J connectivity index is 1.96. The minimum atomic E-state index is 0.546. The molecule has 1 aliphatic rings. The van der Waals surface area contributed by atoms with Crippen LogP contribution < -0.4 is 10.6 Å². The Labute approximate surface area is 89.0 Å². The molecule has 1 fully saturated rings. The molecule has 0 saturated carbocycles. The molecular formula is C9H17N5O. The van der Waals surface area contributed by atoms with Crippen LogP contribution >= 0.6 is 0 Å². The second-order valence-corrected chi connectivity index (χ2v) is 3.82. The Morgan fingerprint density at radius 2 is 2.07 bits per heavy atom. The summed E-state index contributed by atoms with van der Waals surface area (Å²) in [6.07, 6.45) is 0.654. The van der Waals surface area contributed by atoms with Gasteiger partial charge in [-0.2, -0.15) is 4.98 Å². The molecule has 0 amide bonds. The fraction of sp³-hybridized carbons (Fsp3) is 0.778. The third-order valence-corrected chi connectivity index (χ3v) is 2.60. The lowest BCUT2D eigenvalue weighted by molar-refractivity contribution is 0.308. The molecule has 2 heterocycles. The zero-order valence-corrected chi connectivity index (χ0v) is 9.02. The van der Waals surface area contributed by atoms with Crippen molar-refractivity contribution in [1.29, 1.82) is 0 Å². The predicted molar refractivity (Wildman–Crippen MR) is 56.8 cm³/mol. The zero-order chi connectivity index (χ0) is 10.7. The zero-order valence-electron chi connectivity index (χ0n) is 9.02. The third kappa shape index (κ3) is 2.45. The van der Waals surface area contributed by atoms with E-state index in [-0.39, 0.29) is 0 Å². The Bertz CT molecular complexity index is 305. The summed E-state index contributed by atoms with van der Waals surface area (Å²) in [5.74, 6) is 1.33. The molecule has 6 heteroatoms. The van der Waals surface area contributed by atoms with Gasteiger partial charge in [0.25, 0.3) is 5.95 Å². The third-order valence-electron chi connectivity index (χ3n) is 2.60. The van der Waals surface area contributed by atoms with E-state index in [1.54, 1.807) is 0 Å². The molecule has 1 aromatic heterocycles. The van der Waals surface area contributed by atoms with Crippen molar-refractivity contribution >= 4 is 5.95 Å². The maximum atomic E-state index is 5.42. The van der Waals surface area contributed by atoms with E-state index in [0.717, 1.165) is 26.2 Å². The van der Waals surface area contributed by atoms with Gasteiger partial charge >= 0.3 is 0 Å². The second kappa shape index (κ2) is 4.59. The fourth-order valence-corrected chi connectivity index (χ4v) is 1.61. The first-order valence-corrected chi connectivity index (χ1v) is 5.26. The van der Waals surface area contributed by atoms with Gasteiger partial charge in [-0.3, -0.25) is 0 Å². The highest BCUT2D eigenvalue weighted by Crippen LogP contribution is 2.11. The molecule has 0 aliphatic carbocycles. The molecule has 0 unspecified atom stereocenters. The number of piperazine rings is 1. The molecule has 0 radical (unpaired) electrons. The molecule has 0 atom stereocenters. The van der Waals surface area contributed by atoms with Crippen molar-refractivity contribution in [3.8, 4) is 0 Å². The molecule has 0 spiro atoms. The average molecular weight is 211 g/mol. The molecular weight excluding hydrogens is 194 g/mol. The Hall–Kier alpha value is -1.14. The van der Waals surface area contributed by atoms with Crippen molar-refractivity contribution in [3.63, 3.8) is 0 Å². The molecule has 2 N–H and O–H groups in total. The highest BCUT2D eigenvalue weighted by atomic mass is 16.5. The number of hydrogen-bond acceptors (Lipinski definition) is 6. The van der Waals surface area contributed by atoms with E-state index in [2.05, 4.69) is 27.0 Å². The quantitative estimate of drug-likeness (QED) is 0.714. The van der Waals surface area contributed by atoms with Crippen LogP contribution in [0.1, 0.15) is 5.89 Å². The number of nitrogens with zero attached hydrogens (tertiary/aromatic N) is 4. The van der Waals surface area contributed by atoms with Crippen LogP contribution in [0.4, 0.5) is 5.95 Å². The van der Waals surface area contributed by atoms with Gasteiger partial charge in [0.2, 0.25) is 5.89 Å². The summed E-state index contributed by atoms with van der Waals surface area (Å²) < 4.78 is 5.09. The summed E-state index contributed by atoms with van der Waals surface area (Å²) in [6, 6.07) is 0. The second-order valence-electron chi connectivity index (χ2n) is 3.82. The number of anilines is 1. The largest absolute Gasteiger partial charge is 0.337 e. The lowest BCUT2D eigenvalue weighted by Crippen LogP contribution is -2.44. The molecule has 84 valence electrons. The van der Waals surface area contributed by atoms with E-state index < -0.39 is 0 Å². The predicted octanol–water partition coefficient (Wildman–Crippen LogP) is -0.677. The van der Waals surface area contributed by atoms with E-state index in [1.807, 2.05) is 0 Å². The fourth-order valence-electron chi connectivity index (χ4n) is 1.61. The van der Waals surface area contributed by atoms with Gasteiger partial charge in [0.1, 0.15) is 0 Å². The van der Waals surface area contributed by atoms with E-state index in [1.165, 1.54) is 0 Å². The van der Waals surface area contributed by atoms with Crippen LogP contribution in [0.15, 0.2) is 4.52 Å². The van der Waals surface area contributed by atoms with Crippen molar-refractivity contribution in [1.82, 2.24) is 15.0 Å². The normalized spacial score (nSPS) is 18.4. The van der Waals surface area contributed by atoms with Gasteiger partial charge in [0.05, 0.1) is 0 Å². The highest BCUT2D eigenvalue weighted by molar-refractivity contribution is 5.28. The maximum absolute atomic E-state index is 5.42. The smallest absolute Gasteiger partial charge is 0.266 e. The Morgan fingerprint density at radius 3 is 2.73 bits per heavy atom. The number of nitrogens with two attached hydrogens (primary N) is 1. The molecule has 0 bridgehead atoms. The number of hydrogen-bond donors (Lipinski definition) is 1. The Morgan fingerprint density at radius 1 is 1.33 bits per heavy atom. The Kier molecular flexibility index (Phi) is 3.17. The van der Waals surface area contributed by atoms with Crippen LogP contribution in [0.5, 0.6) is 0 Å². The SMILES string of the molecule is CN1CCN(c2noc(CCN)n2)CC1. The summed E-state index contributed by atoms with van der Waals surface area (Å²) in [6.45, 7) is 4.54. The lowest BCUT2D eigenvalue weighted by atomic mass is 10.3. The highest BCUT2D eigenvalue weighted by Gasteiger charge is 2.18. The molecule has 1 aromatic rings. The lowest BCUT2D eigenvalue weighted by Gasteiger charge is -2.31. The number of rotatable bonds is 3. The monoisotopic (exact) mass is 211 g/mol. The number of likely N-dealkylation sites (N-methyl/N-ethyl adjacent to an activating group) is 1. The van der Waals surface area contributed by atoms with Crippen molar-refractivity contribution in [3.05, 3.63) is 5.89 Å². The average Bonchev–Trinajstić information content (AvgIpc) is 2.68. The van der Waals surface area contributed by atoms with E-state index >= 15 is 0 Å². The van der Waals surface area contributed by atoms with Gasteiger partial charge in [-0.05, 0) is 12.2 Å². The van der Waals surface area contributed by atoms with Gasteiger partial charge in [-0.15, -0.1) is 0 Å². The molecule has 6 nitrogen and oxygen atoms in total. The number of aromatic nitrogens is 2. The van der Waals surface area contributed by atoms with Crippen LogP contribution in [0.3, 0.4) is 0 Å². The van der Waals surface area contributed by atoms with Crippen molar-refractivity contribution in [2.24, 2.45) is 5.73 Å². The van der Waals surface area contributed by atoms with Gasteiger partial charge in [-0.1, -0.05) is 0 Å². The van der Waals surface area contributed by atoms with Gasteiger partial charge in [0, 0.05) is 39.1 Å². The van der Waals surface area contributed by atoms with Crippen LogP contribution in [0.25, 0.3) is 0 Å². The van der Waals surface area contributed by atoms with Crippen LogP contribution in [-0.2, 0) is 6.42 Å². The van der Waals surface area contributed by atoms with Crippen molar-refractivity contribution in [2.75, 3.05) is 44.7 Å². The minimum Gasteiger partial charge on any atom is -0.337 e. The minimum absolute atomic E-state index is 0.546. The first-order chi connectivity index (χ1) is 7.29. The molecule has 2 rings (SSSR count). The van der Waals surface area contributed by atoms with Crippen molar-refractivity contribution in [2.45, 2.75) is 6.42 Å². The van der Waals surface area contributed by atoms with E-state index in [9.17, 15) is 0 Å². The summed E-state index contributed by atoms with van der Waals surface area (Å²) in [5.41, 5.74) is 5.42. The summed E-state index contributed by atoms with van der Waals surface area (Å²) in [5, 5.41) is 3.95. The van der Waals surface area contributed by atoms with Crippen LogP contribution in [0, 0.1) is 0 Å². The first kappa shape index (κ1) is 10.4. The molecule has 1 aliphatic heterocycles.